The van der Waals surface area contributed by atoms with Crippen molar-refractivity contribution in [3.8, 4) is 0 Å². The van der Waals surface area contributed by atoms with Crippen LogP contribution in [0, 0.1) is 17.0 Å². The second-order valence-electron chi connectivity index (χ2n) is 9.76. The molecule has 4 nitrogen and oxygen atoms in total. The molecule has 0 bridgehead atoms. The van der Waals surface area contributed by atoms with Crippen molar-refractivity contribution in [2.24, 2.45) is 5.41 Å². The zero-order valence-electron chi connectivity index (χ0n) is 19.9. The molecule has 2 aromatic carbocycles. The van der Waals surface area contributed by atoms with Gasteiger partial charge < -0.3 is 14.9 Å². The van der Waals surface area contributed by atoms with Crippen LogP contribution in [0.5, 0.6) is 0 Å². The van der Waals surface area contributed by atoms with E-state index in [4.69, 9.17) is 0 Å². The van der Waals surface area contributed by atoms with Crippen LogP contribution in [-0.4, -0.2) is 46.0 Å². The van der Waals surface area contributed by atoms with Crippen LogP contribution in [0.3, 0.4) is 0 Å². The van der Waals surface area contributed by atoms with Crippen molar-refractivity contribution in [1.29, 1.82) is 0 Å². The first-order valence-corrected chi connectivity index (χ1v) is 11.5. The van der Waals surface area contributed by atoms with E-state index in [1.807, 2.05) is 43.5 Å². The molecule has 2 unspecified atom stereocenters. The number of nitrogens with zero attached hydrogens (tertiary/aromatic N) is 2. The van der Waals surface area contributed by atoms with E-state index in [0.29, 0.717) is 25.1 Å². The summed E-state index contributed by atoms with van der Waals surface area (Å²) < 4.78 is 28.7. The third kappa shape index (κ3) is 5.80. The van der Waals surface area contributed by atoms with Gasteiger partial charge in [-0.25, -0.2) is 8.78 Å². The van der Waals surface area contributed by atoms with Crippen LogP contribution in [0.15, 0.2) is 54.7 Å². The molecule has 1 N–H and O–H groups in total. The van der Waals surface area contributed by atoms with Crippen molar-refractivity contribution in [3.63, 3.8) is 0 Å². The third-order valence-electron chi connectivity index (χ3n) is 6.17. The molecule has 0 aromatic heterocycles. The van der Waals surface area contributed by atoms with E-state index in [1.165, 1.54) is 6.07 Å². The summed E-state index contributed by atoms with van der Waals surface area (Å²) in [5.41, 5.74) is 1.72. The van der Waals surface area contributed by atoms with Gasteiger partial charge in [0, 0.05) is 24.9 Å². The number of amides is 1. The van der Waals surface area contributed by atoms with E-state index in [1.54, 1.807) is 4.90 Å². The standard InChI is InChI=1S/C27H34F2N2O2/c1-5-13-31(25(33)18-32)26(27(2,3)4)24-14-20(22-15-21(28)11-12-23(22)29)17-30(24)16-19-9-7-6-8-10-19/h6-12,15,17,24,26,32H,5,13-14,16,18H2,1-4H3. The molecule has 6 heteroatoms. The molecule has 1 aliphatic rings. The first-order chi connectivity index (χ1) is 15.7. The van der Waals surface area contributed by atoms with Crippen molar-refractivity contribution in [1.82, 2.24) is 9.80 Å². The SMILES string of the molecule is CCCN(C(=O)CO)C(C1CC(c2cc(F)ccc2F)=CN1Cc1ccccc1)C(C)(C)C. The summed E-state index contributed by atoms with van der Waals surface area (Å²) in [6.45, 7) is 8.76. The minimum absolute atomic E-state index is 0.162. The number of aliphatic hydroxyl groups is 1. The molecule has 1 aliphatic heterocycles. The Morgan fingerprint density at radius 2 is 1.88 bits per heavy atom. The first kappa shape index (κ1) is 24.9. The number of carbonyl (C=O) groups excluding carboxylic acids is 1. The Kier molecular flexibility index (Phi) is 7.90. The number of rotatable bonds is 8. The molecule has 2 aromatic rings. The Balaban J connectivity index is 2.07. The van der Waals surface area contributed by atoms with Gasteiger partial charge >= 0.3 is 0 Å². The zero-order valence-corrected chi connectivity index (χ0v) is 19.9. The molecular weight excluding hydrogens is 422 g/mol. The van der Waals surface area contributed by atoms with Gasteiger partial charge in [-0.3, -0.25) is 4.79 Å². The molecule has 0 aliphatic carbocycles. The van der Waals surface area contributed by atoms with Crippen LogP contribution in [-0.2, 0) is 11.3 Å². The maximum atomic E-state index is 14.7. The Morgan fingerprint density at radius 1 is 1.18 bits per heavy atom. The van der Waals surface area contributed by atoms with Gasteiger partial charge in [0.25, 0.3) is 0 Å². The summed E-state index contributed by atoms with van der Waals surface area (Å²) in [7, 11) is 0. The lowest BCUT2D eigenvalue weighted by atomic mass is 9.79. The van der Waals surface area contributed by atoms with Gasteiger partial charge in [-0.2, -0.15) is 0 Å². The summed E-state index contributed by atoms with van der Waals surface area (Å²) in [5, 5.41) is 9.68. The van der Waals surface area contributed by atoms with Crippen LogP contribution in [0.2, 0.25) is 0 Å². The zero-order chi connectivity index (χ0) is 24.2. The fourth-order valence-corrected chi connectivity index (χ4v) is 4.87. The summed E-state index contributed by atoms with van der Waals surface area (Å²) in [6.07, 6.45) is 3.12. The highest BCUT2D eigenvalue weighted by atomic mass is 19.1. The van der Waals surface area contributed by atoms with Crippen molar-refractivity contribution in [2.75, 3.05) is 13.2 Å². The lowest BCUT2D eigenvalue weighted by Gasteiger charge is -2.46. The van der Waals surface area contributed by atoms with Gasteiger partial charge in [-0.05, 0) is 47.6 Å². The molecule has 0 spiro atoms. The van der Waals surface area contributed by atoms with Crippen molar-refractivity contribution < 1.29 is 18.7 Å². The van der Waals surface area contributed by atoms with Gasteiger partial charge in [0.05, 0.1) is 12.1 Å². The molecule has 1 heterocycles. The van der Waals surface area contributed by atoms with E-state index in [2.05, 4.69) is 25.7 Å². The van der Waals surface area contributed by atoms with Gasteiger partial charge in [-0.1, -0.05) is 58.0 Å². The topological polar surface area (TPSA) is 43.8 Å². The Bertz CT molecular complexity index is 985. The quantitative estimate of drug-likeness (QED) is 0.592. The lowest BCUT2D eigenvalue weighted by Crippen LogP contribution is -2.57. The maximum absolute atomic E-state index is 14.7. The van der Waals surface area contributed by atoms with E-state index in [-0.39, 0.29) is 29.0 Å². The maximum Gasteiger partial charge on any atom is 0.248 e. The first-order valence-electron chi connectivity index (χ1n) is 11.5. The second-order valence-corrected chi connectivity index (χ2v) is 9.76. The molecule has 0 fully saturated rings. The van der Waals surface area contributed by atoms with Gasteiger partial charge in [0.2, 0.25) is 5.91 Å². The predicted octanol–water partition coefficient (Wildman–Crippen LogP) is 5.23. The van der Waals surface area contributed by atoms with E-state index >= 15 is 0 Å². The molecule has 0 saturated heterocycles. The average molecular weight is 457 g/mol. The van der Waals surface area contributed by atoms with E-state index < -0.39 is 18.2 Å². The number of benzene rings is 2. The fourth-order valence-electron chi connectivity index (χ4n) is 4.87. The third-order valence-corrected chi connectivity index (χ3v) is 6.17. The van der Waals surface area contributed by atoms with E-state index in [9.17, 15) is 18.7 Å². The summed E-state index contributed by atoms with van der Waals surface area (Å²) in [5.74, 6) is -1.27. The van der Waals surface area contributed by atoms with Crippen LogP contribution in [0.4, 0.5) is 8.78 Å². The highest BCUT2D eigenvalue weighted by Gasteiger charge is 2.43. The number of halogens is 2. The minimum Gasteiger partial charge on any atom is -0.387 e. The van der Waals surface area contributed by atoms with Crippen molar-refractivity contribution in [2.45, 2.75) is 59.2 Å². The average Bonchev–Trinajstić information content (AvgIpc) is 3.17. The van der Waals surface area contributed by atoms with Crippen LogP contribution in [0.1, 0.15) is 51.7 Å². The van der Waals surface area contributed by atoms with Crippen LogP contribution in [0.25, 0.3) is 5.57 Å². The number of hydrogen-bond acceptors (Lipinski definition) is 3. The van der Waals surface area contributed by atoms with E-state index in [0.717, 1.165) is 24.1 Å². The van der Waals surface area contributed by atoms with Crippen molar-refractivity contribution in [3.05, 3.63) is 77.5 Å². The lowest BCUT2D eigenvalue weighted by molar-refractivity contribution is -0.141. The normalized spacial score (nSPS) is 17.1. The molecule has 0 radical (unpaired) electrons. The van der Waals surface area contributed by atoms with Gasteiger partial charge in [0.15, 0.2) is 0 Å². The van der Waals surface area contributed by atoms with Crippen LogP contribution >= 0.6 is 0 Å². The Morgan fingerprint density at radius 3 is 2.48 bits per heavy atom. The summed E-state index contributed by atoms with van der Waals surface area (Å²) in [4.78, 5) is 16.7. The smallest absolute Gasteiger partial charge is 0.248 e. The fraction of sp³-hybridized carbons (Fsp3) is 0.444. The molecular formula is C27H34F2N2O2. The molecule has 2 atom stereocenters. The number of hydrogen-bond donors (Lipinski definition) is 1. The molecule has 3 rings (SSSR count). The summed E-state index contributed by atoms with van der Waals surface area (Å²) >= 11 is 0. The summed E-state index contributed by atoms with van der Waals surface area (Å²) in [6, 6.07) is 13.1. The molecule has 0 saturated carbocycles. The Hall–Kier alpha value is -2.73. The highest BCUT2D eigenvalue weighted by Crippen LogP contribution is 2.40. The van der Waals surface area contributed by atoms with Gasteiger partial charge in [-0.15, -0.1) is 0 Å². The molecule has 178 valence electrons. The van der Waals surface area contributed by atoms with Gasteiger partial charge in [0.1, 0.15) is 18.2 Å². The number of carbonyl (C=O) groups is 1. The second kappa shape index (κ2) is 10.5. The van der Waals surface area contributed by atoms with Crippen LogP contribution < -0.4 is 0 Å². The van der Waals surface area contributed by atoms with Crippen molar-refractivity contribution >= 4 is 11.5 Å². The minimum atomic E-state index is -0.559. The largest absolute Gasteiger partial charge is 0.387 e. The molecule has 1 amide bonds. The monoisotopic (exact) mass is 456 g/mol. The predicted molar refractivity (Wildman–Crippen MR) is 127 cm³/mol. The number of aliphatic hydroxyl groups excluding tert-OH is 1. The molecule has 33 heavy (non-hydrogen) atoms. The highest BCUT2D eigenvalue weighted by molar-refractivity contribution is 5.78. The Labute approximate surface area is 195 Å².